The minimum Gasteiger partial charge on any atom is -0.353 e. The van der Waals surface area contributed by atoms with Crippen LogP contribution in [0.1, 0.15) is 25.0 Å². The van der Waals surface area contributed by atoms with Crippen LogP contribution in [0.15, 0.2) is 24.3 Å². The summed E-state index contributed by atoms with van der Waals surface area (Å²) in [5.41, 5.74) is 1.66. The molecule has 0 heterocycles. The molecule has 0 fully saturated rings. The summed E-state index contributed by atoms with van der Waals surface area (Å²) in [5, 5.41) is 9.38. The molecule has 1 atom stereocenters. The van der Waals surface area contributed by atoms with Crippen LogP contribution in [-0.2, 0) is 22.3 Å². The lowest BCUT2D eigenvalue weighted by Gasteiger charge is -2.25. The van der Waals surface area contributed by atoms with E-state index in [-0.39, 0.29) is 6.29 Å². The quantitative estimate of drug-likeness (QED) is 0.747. The molecule has 0 saturated carbocycles. The summed E-state index contributed by atoms with van der Waals surface area (Å²) in [5.74, 6) is 0. The first kappa shape index (κ1) is 12.1. The number of hydrogen-bond donors (Lipinski definition) is 0. The lowest BCUT2D eigenvalue weighted by atomic mass is 10.0. The number of benzene rings is 1. The monoisotopic (exact) mass is 231 g/mol. The van der Waals surface area contributed by atoms with Crippen molar-refractivity contribution in [3.63, 3.8) is 0 Å². The lowest BCUT2D eigenvalue weighted by Crippen LogP contribution is -2.36. The van der Waals surface area contributed by atoms with Crippen LogP contribution < -0.4 is 0 Å². The lowest BCUT2D eigenvalue weighted by molar-refractivity contribution is -0.178. The van der Waals surface area contributed by atoms with E-state index in [9.17, 15) is 5.26 Å². The van der Waals surface area contributed by atoms with Crippen LogP contribution in [0.4, 0.5) is 0 Å². The van der Waals surface area contributed by atoms with E-state index in [0.29, 0.717) is 19.4 Å². The van der Waals surface area contributed by atoms with Crippen molar-refractivity contribution >= 4 is 0 Å². The zero-order chi connectivity index (χ0) is 12.3. The molecular formula is C14H17NO2. The highest BCUT2D eigenvalue weighted by molar-refractivity contribution is 5.38. The Hall–Kier alpha value is -1.37. The first-order chi connectivity index (χ1) is 8.19. The van der Waals surface area contributed by atoms with Gasteiger partial charge in [-0.05, 0) is 25.0 Å². The van der Waals surface area contributed by atoms with Crippen LogP contribution in [-0.4, -0.2) is 18.5 Å². The molecule has 1 aliphatic carbocycles. The Kier molecular flexibility index (Phi) is 3.46. The molecule has 17 heavy (non-hydrogen) atoms. The topological polar surface area (TPSA) is 42.2 Å². The van der Waals surface area contributed by atoms with Crippen LogP contribution in [0.3, 0.4) is 0 Å². The smallest absolute Gasteiger partial charge is 0.165 e. The van der Waals surface area contributed by atoms with Crippen LogP contribution in [0.25, 0.3) is 0 Å². The van der Waals surface area contributed by atoms with E-state index in [2.05, 4.69) is 18.2 Å². The van der Waals surface area contributed by atoms with Crippen molar-refractivity contribution in [1.29, 1.82) is 5.26 Å². The van der Waals surface area contributed by atoms with Crippen LogP contribution in [0.2, 0.25) is 0 Å². The van der Waals surface area contributed by atoms with Gasteiger partial charge in [0, 0.05) is 19.4 Å². The molecule has 3 heteroatoms. The van der Waals surface area contributed by atoms with Gasteiger partial charge in [-0.3, -0.25) is 0 Å². The van der Waals surface area contributed by atoms with E-state index in [0.717, 1.165) is 0 Å². The molecule has 0 radical (unpaired) electrons. The third-order valence-corrected chi connectivity index (χ3v) is 3.07. The number of rotatable bonds is 4. The summed E-state index contributed by atoms with van der Waals surface area (Å²) in [6, 6.07) is 10.4. The van der Waals surface area contributed by atoms with Gasteiger partial charge in [0.1, 0.15) is 0 Å². The summed E-state index contributed by atoms with van der Waals surface area (Å²) in [4.78, 5) is 0. The first-order valence-electron chi connectivity index (χ1n) is 5.96. The second-order valence-electron chi connectivity index (χ2n) is 4.37. The average Bonchev–Trinajstić information content (AvgIpc) is 2.67. The Labute approximate surface area is 102 Å². The van der Waals surface area contributed by atoms with Crippen molar-refractivity contribution in [2.75, 3.05) is 6.61 Å². The fraction of sp³-hybridized carbons (Fsp3) is 0.500. The highest BCUT2D eigenvalue weighted by Crippen LogP contribution is 2.33. The maximum Gasteiger partial charge on any atom is 0.165 e. The maximum atomic E-state index is 9.38. The Bertz CT molecular complexity index is 411. The standard InChI is InChI=1S/C14H17NO2/c1-3-16-11(2)17-14(10-15)8-12-6-4-5-7-13(12)9-14/h4-7,11H,3,8-9H2,1-2H3. The highest BCUT2D eigenvalue weighted by atomic mass is 16.7. The summed E-state index contributed by atoms with van der Waals surface area (Å²) >= 11 is 0. The molecule has 1 aromatic rings. The molecule has 0 aliphatic heterocycles. The SMILES string of the molecule is CCOC(C)OC1(C#N)Cc2ccccc2C1. The normalized spacial score (nSPS) is 18.4. The number of ether oxygens (including phenoxy) is 2. The van der Waals surface area contributed by atoms with Gasteiger partial charge >= 0.3 is 0 Å². The fourth-order valence-electron chi connectivity index (χ4n) is 2.36. The van der Waals surface area contributed by atoms with Gasteiger partial charge < -0.3 is 9.47 Å². The summed E-state index contributed by atoms with van der Waals surface area (Å²) in [6.45, 7) is 4.35. The summed E-state index contributed by atoms with van der Waals surface area (Å²) < 4.78 is 11.1. The van der Waals surface area contributed by atoms with Crippen LogP contribution in [0, 0.1) is 11.3 Å². The van der Waals surface area contributed by atoms with E-state index < -0.39 is 5.60 Å². The molecule has 0 saturated heterocycles. The van der Waals surface area contributed by atoms with Gasteiger partial charge in [0.2, 0.25) is 0 Å². The summed E-state index contributed by atoms with van der Waals surface area (Å²) in [7, 11) is 0. The van der Waals surface area contributed by atoms with Crippen LogP contribution >= 0.6 is 0 Å². The van der Waals surface area contributed by atoms with Crippen molar-refractivity contribution in [2.45, 2.75) is 38.6 Å². The number of hydrogen-bond acceptors (Lipinski definition) is 3. The van der Waals surface area contributed by atoms with Gasteiger partial charge in [0.25, 0.3) is 0 Å². The Morgan fingerprint density at radius 2 is 1.94 bits per heavy atom. The maximum absolute atomic E-state index is 9.38. The molecule has 0 spiro atoms. The van der Waals surface area contributed by atoms with E-state index >= 15 is 0 Å². The molecular weight excluding hydrogens is 214 g/mol. The second-order valence-corrected chi connectivity index (χ2v) is 4.37. The van der Waals surface area contributed by atoms with E-state index in [1.807, 2.05) is 26.0 Å². The zero-order valence-corrected chi connectivity index (χ0v) is 10.3. The van der Waals surface area contributed by atoms with Crippen molar-refractivity contribution in [3.8, 4) is 6.07 Å². The second kappa shape index (κ2) is 4.87. The van der Waals surface area contributed by atoms with Crippen molar-refractivity contribution < 1.29 is 9.47 Å². The molecule has 1 unspecified atom stereocenters. The molecule has 90 valence electrons. The van der Waals surface area contributed by atoms with Crippen molar-refractivity contribution in [1.82, 2.24) is 0 Å². The number of nitriles is 1. The molecule has 0 aromatic heterocycles. The van der Waals surface area contributed by atoms with Crippen molar-refractivity contribution in [2.24, 2.45) is 0 Å². The Morgan fingerprint density at radius 3 is 2.41 bits per heavy atom. The highest BCUT2D eigenvalue weighted by Gasteiger charge is 2.39. The average molecular weight is 231 g/mol. The van der Waals surface area contributed by atoms with Gasteiger partial charge in [-0.25, -0.2) is 0 Å². The van der Waals surface area contributed by atoms with Gasteiger partial charge in [-0.2, -0.15) is 5.26 Å². The third-order valence-electron chi connectivity index (χ3n) is 3.07. The molecule has 1 aliphatic rings. The molecule has 3 nitrogen and oxygen atoms in total. The molecule has 2 rings (SSSR count). The van der Waals surface area contributed by atoms with Gasteiger partial charge in [0.05, 0.1) is 6.07 Å². The number of fused-ring (bicyclic) bond motifs is 1. The van der Waals surface area contributed by atoms with Crippen molar-refractivity contribution in [3.05, 3.63) is 35.4 Å². The van der Waals surface area contributed by atoms with Gasteiger partial charge in [0.15, 0.2) is 11.9 Å². The molecule has 0 N–H and O–H groups in total. The van der Waals surface area contributed by atoms with Gasteiger partial charge in [-0.15, -0.1) is 0 Å². The minimum atomic E-state index is -0.752. The first-order valence-corrected chi connectivity index (χ1v) is 5.96. The zero-order valence-electron chi connectivity index (χ0n) is 10.3. The molecule has 0 amide bonds. The van der Waals surface area contributed by atoms with Gasteiger partial charge in [-0.1, -0.05) is 24.3 Å². The fourth-order valence-corrected chi connectivity index (χ4v) is 2.36. The van der Waals surface area contributed by atoms with E-state index in [1.165, 1.54) is 11.1 Å². The molecule has 1 aromatic carbocycles. The predicted octanol–water partition coefficient (Wildman–Crippen LogP) is 2.45. The predicted molar refractivity (Wildman–Crippen MR) is 64.4 cm³/mol. The largest absolute Gasteiger partial charge is 0.353 e. The van der Waals surface area contributed by atoms with E-state index in [1.54, 1.807) is 0 Å². The Morgan fingerprint density at radius 1 is 1.35 bits per heavy atom. The summed E-state index contributed by atoms with van der Waals surface area (Å²) in [6.07, 6.45) is 0.961. The Balaban J connectivity index is 2.13. The molecule has 0 bridgehead atoms. The van der Waals surface area contributed by atoms with Crippen LogP contribution in [0.5, 0.6) is 0 Å². The third kappa shape index (κ3) is 2.49. The van der Waals surface area contributed by atoms with E-state index in [4.69, 9.17) is 9.47 Å². The number of nitrogens with zero attached hydrogens (tertiary/aromatic N) is 1. The minimum absolute atomic E-state index is 0.339.